The lowest BCUT2D eigenvalue weighted by molar-refractivity contribution is 0.0934. The highest BCUT2D eigenvalue weighted by Gasteiger charge is 2.19. The van der Waals surface area contributed by atoms with Crippen LogP contribution < -0.4 is 5.32 Å². The maximum absolute atomic E-state index is 12.3. The Morgan fingerprint density at radius 1 is 1.35 bits per heavy atom. The first-order valence-electron chi connectivity index (χ1n) is 6.26. The number of benzene rings is 1. The minimum atomic E-state index is -3.88. The minimum Gasteiger partial charge on any atom is -0.349 e. The summed E-state index contributed by atoms with van der Waals surface area (Å²) in [5, 5.41) is 2.88. The molecule has 112 valence electrons. The number of hydrogen-bond acceptors (Lipinski definition) is 3. The van der Waals surface area contributed by atoms with Crippen molar-refractivity contribution in [3.8, 4) is 0 Å². The first kappa shape index (κ1) is 17.5. The normalized spacial score (nSPS) is 11.7. The molecule has 0 heterocycles. The minimum absolute atomic E-state index is 0.0666. The number of hydrogen-bond donors (Lipinski definition) is 1. The SMILES string of the molecule is CCC(CC)NC(=O)c1cc(S(=O)(=O)Cl)cc(Br)c1C. The third-order valence-electron chi connectivity index (χ3n) is 3.16. The Hall–Kier alpha value is -0.590. The summed E-state index contributed by atoms with van der Waals surface area (Å²) in [4.78, 5) is 12.2. The van der Waals surface area contributed by atoms with Crippen molar-refractivity contribution in [3.05, 3.63) is 27.7 Å². The van der Waals surface area contributed by atoms with Crippen molar-refractivity contribution in [1.29, 1.82) is 0 Å². The van der Waals surface area contributed by atoms with Crippen LogP contribution in [0.4, 0.5) is 0 Å². The van der Waals surface area contributed by atoms with E-state index in [0.717, 1.165) is 12.8 Å². The van der Waals surface area contributed by atoms with Crippen LogP contribution >= 0.6 is 26.6 Å². The lowest BCUT2D eigenvalue weighted by Crippen LogP contribution is -2.34. The smallest absolute Gasteiger partial charge is 0.261 e. The van der Waals surface area contributed by atoms with Gasteiger partial charge in [-0.3, -0.25) is 4.79 Å². The fourth-order valence-corrected chi connectivity index (χ4v) is 3.18. The second-order valence-electron chi connectivity index (χ2n) is 4.50. The zero-order chi connectivity index (χ0) is 15.5. The van der Waals surface area contributed by atoms with Crippen molar-refractivity contribution in [3.63, 3.8) is 0 Å². The van der Waals surface area contributed by atoms with E-state index >= 15 is 0 Å². The molecule has 0 aliphatic rings. The topological polar surface area (TPSA) is 63.2 Å². The Kier molecular flexibility index (Phi) is 6.04. The molecule has 20 heavy (non-hydrogen) atoms. The standard InChI is InChI=1S/C13H17BrClNO3S/c1-4-9(5-2)16-13(17)11-6-10(20(15,18)19)7-12(14)8(11)3/h6-7,9H,4-5H2,1-3H3,(H,16,17). The first-order valence-corrected chi connectivity index (χ1v) is 9.36. The van der Waals surface area contributed by atoms with Crippen LogP contribution in [0.1, 0.15) is 42.6 Å². The van der Waals surface area contributed by atoms with Gasteiger partial charge in [0.15, 0.2) is 0 Å². The Morgan fingerprint density at radius 2 is 1.90 bits per heavy atom. The third kappa shape index (κ3) is 4.20. The van der Waals surface area contributed by atoms with Gasteiger partial charge in [-0.1, -0.05) is 29.8 Å². The van der Waals surface area contributed by atoms with E-state index in [1.165, 1.54) is 12.1 Å². The summed E-state index contributed by atoms with van der Waals surface area (Å²) in [6.45, 7) is 5.71. The van der Waals surface area contributed by atoms with E-state index in [0.29, 0.717) is 15.6 Å². The lowest BCUT2D eigenvalue weighted by Gasteiger charge is -2.16. The summed E-state index contributed by atoms with van der Waals surface area (Å²) >= 11 is 3.25. The van der Waals surface area contributed by atoms with E-state index in [9.17, 15) is 13.2 Å². The lowest BCUT2D eigenvalue weighted by atomic mass is 10.1. The van der Waals surface area contributed by atoms with Crippen LogP contribution in [0.15, 0.2) is 21.5 Å². The molecule has 0 fully saturated rings. The molecule has 1 rings (SSSR count). The zero-order valence-corrected chi connectivity index (χ0v) is 14.7. The fraction of sp³-hybridized carbons (Fsp3) is 0.462. The summed E-state index contributed by atoms with van der Waals surface area (Å²) in [5.41, 5.74) is 0.989. The Morgan fingerprint density at radius 3 is 2.35 bits per heavy atom. The molecule has 0 aliphatic carbocycles. The van der Waals surface area contributed by atoms with Gasteiger partial charge in [-0.2, -0.15) is 0 Å². The molecule has 0 atom stereocenters. The molecule has 7 heteroatoms. The van der Waals surface area contributed by atoms with Gasteiger partial charge >= 0.3 is 0 Å². The van der Waals surface area contributed by atoms with Gasteiger partial charge in [-0.05, 0) is 37.5 Å². The molecule has 1 aromatic rings. The molecular formula is C13H17BrClNO3S. The average Bonchev–Trinajstić information content (AvgIpc) is 2.37. The van der Waals surface area contributed by atoms with E-state index in [4.69, 9.17) is 10.7 Å². The number of carbonyl (C=O) groups excluding carboxylic acids is 1. The molecule has 0 bridgehead atoms. The van der Waals surface area contributed by atoms with Crippen LogP contribution in [-0.2, 0) is 9.05 Å². The summed E-state index contributed by atoms with van der Waals surface area (Å²) in [6.07, 6.45) is 1.63. The van der Waals surface area contributed by atoms with E-state index in [2.05, 4.69) is 21.2 Å². The van der Waals surface area contributed by atoms with Gasteiger partial charge in [-0.15, -0.1) is 0 Å². The quantitative estimate of drug-likeness (QED) is 0.791. The average molecular weight is 383 g/mol. The summed E-state index contributed by atoms with van der Waals surface area (Å²) in [5.74, 6) is -0.293. The second kappa shape index (κ2) is 6.91. The van der Waals surface area contributed by atoms with E-state index in [1.54, 1.807) is 6.92 Å². The number of amides is 1. The van der Waals surface area contributed by atoms with Gasteiger partial charge in [0.05, 0.1) is 4.90 Å². The molecule has 1 amide bonds. The molecule has 0 spiro atoms. The number of carbonyl (C=O) groups is 1. The van der Waals surface area contributed by atoms with Gasteiger partial charge in [0.2, 0.25) is 0 Å². The molecule has 0 unspecified atom stereocenters. The van der Waals surface area contributed by atoms with E-state index < -0.39 is 9.05 Å². The molecule has 0 aliphatic heterocycles. The van der Waals surface area contributed by atoms with Crippen LogP contribution in [0.3, 0.4) is 0 Å². The molecule has 0 radical (unpaired) electrons. The zero-order valence-electron chi connectivity index (χ0n) is 11.5. The highest BCUT2D eigenvalue weighted by atomic mass is 79.9. The first-order chi connectivity index (χ1) is 9.20. The molecule has 4 nitrogen and oxygen atoms in total. The summed E-state index contributed by atoms with van der Waals surface area (Å²) in [6, 6.07) is 2.77. The molecule has 1 aromatic carbocycles. The fourth-order valence-electron chi connectivity index (χ4n) is 1.79. The van der Waals surface area contributed by atoms with Crippen molar-refractivity contribution in [2.45, 2.75) is 44.6 Å². The van der Waals surface area contributed by atoms with Crippen molar-refractivity contribution in [2.24, 2.45) is 0 Å². The van der Waals surface area contributed by atoms with E-state index in [1.807, 2.05) is 13.8 Å². The number of halogens is 2. The Labute approximate surface area is 132 Å². The van der Waals surface area contributed by atoms with Crippen molar-refractivity contribution in [1.82, 2.24) is 5.32 Å². The van der Waals surface area contributed by atoms with Crippen molar-refractivity contribution in [2.75, 3.05) is 0 Å². The Bertz CT molecular complexity index is 612. The van der Waals surface area contributed by atoms with Crippen LogP contribution in [0, 0.1) is 6.92 Å². The molecule has 0 saturated heterocycles. The predicted octanol–water partition coefficient (Wildman–Crippen LogP) is 3.60. The number of rotatable bonds is 5. The van der Waals surface area contributed by atoms with Crippen LogP contribution in [-0.4, -0.2) is 20.4 Å². The third-order valence-corrected chi connectivity index (χ3v) is 5.32. The van der Waals surface area contributed by atoms with E-state index in [-0.39, 0.29) is 16.8 Å². The van der Waals surface area contributed by atoms with Crippen molar-refractivity contribution >= 4 is 41.6 Å². The van der Waals surface area contributed by atoms with Gasteiger partial charge in [0, 0.05) is 26.8 Å². The van der Waals surface area contributed by atoms with Crippen LogP contribution in [0.5, 0.6) is 0 Å². The molecule has 1 N–H and O–H groups in total. The summed E-state index contributed by atoms with van der Waals surface area (Å²) < 4.78 is 23.4. The molecular weight excluding hydrogens is 366 g/mol. The summed E-state index contributed by atoms with van der Waals surface area (Å²) in [7, 11) is 1.46. The largest absolute Gasteiger partial charge is 0.349 e. The van der Waals surface area contributed by atoms with Gasteiger partial charge in [0.1, 0.15) is 0 Å². The molecule has 0 saturated carbocycles. The second-order valence-corrected chi connectivity index (χ2v) is 7.92. The monoisotopic (exact) mass is 381 g/mol. The molecule has 0 aromatic heterocycles. The highest BCUT2D eigenvalue weighted by molar-refractivity contribution is 9.10. The van der Waals surface area contributed by atoms with Crippen LogP contribution in [0.25, 0.3) is 0 Å². The van der Waals surface area contributed by atoms with Crippen LogP contribution in [0.2, 0.25) is 0 Å². The van der Waals surface area contributed by atoms with Gasteiger partial charge < -0.3 is 5.32 Å². The van der Waals surface area contributed by atoms with Gasteiger partial charge in [0.25, 0.3) is 15.0 Å². The number of nitrogens with one attached hydrogen (secondary N) is 1. The Balaban J connectivity index is 3.24. The van der Waals surface area contributed by atoms with Gasteiger partial charge in [-0.25, -0.2) is 8.42 Å². The maximum Gasteiger partial charge on any atom is 0.261 e. The predicted molar refractivity (Wildman–Crippen MR) is 83.8 cm³/mol. The highest BCUT2D eigenvalue weighted by Crippen LogP contribution is 2.26. The van der Waals surface area contributed by atoms with Crippen molar-refractivity contribution < 1.29 is 13.2 Å². The maximum atomic E-state index is 12.3.